The van der Waals surface area contributed by atoms with Crippen LogP contribution in [0.3, 0.4) is 0 Å². The van der Waals surface area contributed by atoms with Gasteiger partial charge in [-0.15, -0.1) is 0 Å². The van der Waals surface area contributed by atoms with Crippen LogP contribution >= 0.6 is 0 Å². The summed E-state index contributed by atoms with van der Waals surface area (Å²) in [5.74, 6) is -0.462. The third-order valence-electron chi connectivity index (χ3n) is 3.47. The Balaban J connectivity index is 1.86. The van der Waals surface area contributed by atoms with Crippen molar-refractivity contribution in [1.82, 2.24) is 4.98 Å². The quantitative estimate of drug-likeness (QED) is 0.675. The summed E-state index contributed by atoms with van der Waals surface area (Å²) in [5, 5.41) is 12.4. The molecule has 6 nitrogen and oxygen atoms in total. The zero-order chi connectivity index (χ0) is 15.1. The maximum Gasteiger partial charge on any atom is 0.339 e. The summed E-state index contributed by atoms with van der Waals surface area (Å²) in [6, 6.07) is 1.76. The Kier molecular flexibility index (Phi) is 5.95. The zero-order valence-corrected chi connectivity index (χ0v) is 12.4. The van der Waals surface area contributed by atoms with E-state index >= 15 is 0 Å². The molecule has 0 spiro atoms. The van der Waals surface area contributed by atoms with Gasteiger partial charge in [0.1, 0.15) is 11.4 Å². The van der Waals surface area contributed by atoms with Gasteiger partial charge in [-0.05, 0) is 37.3 Å². The molecule has 1 aromatic heterocycles. The van der Waals surface area contributed by atoms with Gasteiger partial charge in [-0.2, -0.15) is 0 Å². The molecule has 0 radical (unpaired) electrons. The fourth-order valence-electron chi connectivity index (χ4n) is 2.40. The maximum atomic E-state index is 11.3. The number of carbonyl (C=O) groups is 1. The highest BCUT2D eigenvalue weighted by Crippen LogP contribution is 2.25. The van der Waals surface area contributed by atoms with E-state index in [1.165, 1.54) is 0 Å². The lowest BCUT2D eigenvalue weighted by molar-refractivity contribution is 0.0696. The average molecular weight is 294 g/mol. The van der Waals surface area contributed by atoms with Crippen LogP contribution in [-0.4, -0.2) is 49.5 Å². The van der Waals surface area contributed by atoms with Crippen LogP contribution in [0.4, 0.5) is 5.82 Å². The molecule has 0 bridgehead atoms. The minimum absolute atomic E-state index is 0.260. The van der Waals surface area contributed by atoms with Gasteiger partial charge in [0.25, 0.3) is 0 Å². The number of anilines is 1. The van der Waals surface area contributed by atoms with Gasteiger partial charge in [-0.1, -0.05) is 0 Å². The molecule has 1 aliphatic carbocycles. The highest BCUT2D eigenvalue weighted by atomic mass is 16.5. The Morgan fingerprint density at radius 1 is 1.38 bits per heavy atom. The number of aromatic nitrogens is 1. The van der Waals surface area contributed by atoms with Gasteiger partial charge < -0.3 is 19.9 Å². The van der Waals surface area contributed by atoms with E-state index in [1.54, 1.807) is 13.2 Å². The summed E-state index contributed by atoms with van der Waals surface area (Å²) in [6.45, 7) is 2.42. The maximum absolute atomic E-state index is 11.3. The summed E-state index contributed by atoms with van der Waals surface area (Å²) in [7, 11) is 1.64. The number of hydrogen-bond donors (Lipinski definition) is 2. The fraction of sp³-hybridized carbons (Fsp3) is 0.600. The molecule has 0 unspecified atom stereocenters. The van der Waals surface area contributed by atoms with E-state index in [4.69, 9.17) is 9.47 Å². The lowest BCUT2D eigenvalue weighted by Gasteiger charge is -2.11. The number of hydrogen-bond acceptors (Lipinski definition) is 5. The number of nitrogens with one attached hydrogen (secondary N) is 1. The van der Waals surface area contributed by atoms with E-state index in [2.05, 4.69) is 10.3 Å². The summed E-state index contributed by atoms with van der Waals surface area (Å²) >= 11 is 0. The van der Waals surface area contributed by atoms with Gasteiger partial charge >= 0.3 is 5.97 Å². The van der Waals surface area contributed by atoms with E-state index in [0.717, 1.165) is 36.9 Å². The van der Waals surface area contributed by atoms with E-state index in [1.807, 2.05) is 0 Å². The molecule has 6 heteroatoms. The monoisotopic (exact) mass is 294 g/mol. The molecule has 0 amide bonds. The molecule has 0 atom stereocenters. The first-order valence-electron chi connectivity index (χ1n) is 7.29. The van der Waals surface area contributed by atoms with Crippen LogP contribution in [0.5, 0.6) is 0 Å². The number of aryl methyl sites for hydroxylation is 2. The Hall–Kier alpha value is -1.66. The van der Waals surface area contributed by atoms with Crippen molar-refractivity contribution < 1.29 is 19.4 Å². The second-order valence-electron chi connectivity index (χ2n) is 5.03. The molecular formula is C15H22N2O4. The molecule has 1 heterocycles. The SMILES string of the molecule is COCCOCCCNc1nc2c(cc1C(=O)O)CCC2. The Morgan fingerprint density at radius 2 is 2.24 bits per heavy atom. The minimum atomic E-state index is -0.934. The number of nitrogens with zero attached hydrogens (tertiary/aromatic N) is 1. The minimum Gasteiger partial charge on any atom is -0.478 e. The number of carboxylic acids is 1. The molecule has 1 aromatic rings. The van der Waals surface area contributed by atoms with E-state index in [9.17, 15) is 9.90 Å². The lowest BCUT2D eigenvalue weighted by Crippen LogP contribution is -2.13. The van der Waals surface area contributed by atoms with Crippen molar-refractivity contribution in [2.45, 2.75) is 25.7 Å². The number of carboxylic acid groups (broad SMARTS) is 1. The first-order chi connectivity index (χ1) is 10.2. The highest BCUT2D eigenvalue weighted by Gasteiger charge is 2.19. The van der Waals surface area contributed by atoms with Crippen LogP contribution in [0.2, 0.25) is 0 Å². The van der Waals surface area contributed by atoms with E-state index in [-0.39, 0.29) is 5.56 Å². The molecule has 21 heavy (non-hydrogen) atoms. The van der Waals surface area contributed by atoms with Crippen LogP contribution in [0.1, 0.15) is 34.5 Å². The molecule has 2 N–H and O–H groups in total. The van der Waals surface area contributed by atoms with Crippen LogP contribution in [0, 0.1) is 0 Å². The number of ether oxygens (including phenoxy) is 2. The molecule has 2 rings (SSSR count). The molecule has 1 aliphatic rings. The predicted molar refractivity (Wildman–Crippen MR) is 79.0 cm³/mol. The molecule has 0 fully saturated rings. The summed E-state index contributed by atoms with van der Waals surface area (Å²) in [4.78, 5) is 15.8. The average Bonchev–Trinajstić information content (AvgIpc) is 2.92. The second-order valence-corrected chi connectivity index (χ2v) is 5.03. The summed E-state index contributed by atoms with van der Waals surface area (Å²) < 4.78 is 10.2. The third kappa shape index (κ3) is 4.41. The van der Waals surface area contributed by atoms with Gasteiger partial charge in [0.15, 0.2) is 0 Å². The highest BCUT2D eigenvalue weighted by molar-refractivity contribution is 5.93. The number of rotatable bonds is 9. The first-order valence-corrected chi connectivity index (χ1v) is 7.29. The Morgan fingerprint density at radius 3 is 3.00 bits per heavy atom. The van der Waals surface area contributed by atoms with Crippen molar-refractivity contribution in [2.75, 3.05) is 38.8 Å². The first kappa shape index (κ1) is 15.7. The molecule has 116 valence electrons. The van der Waals surface area contributed by atoms with Crippen molar-refractivity contribution in [3.8, 4) is 0 Å². The Labute approximate surface area is 124 Å². The molecular weight excluding hydrogens is 272 g/mol. The van der Waals surface area contributed by atoms with Crippen molar-refractivity contribution in [1.29, 1.82) is 0 Å². The summed E-state index contributed by atoms with van der Waals surface area (Å²) in [6.07, 6.45) is 3.71. The van der Waals surface area contributed by atoms with Crippen LogP contribution < -0.4 is 5.32 Å². The number of methoxy groups -OCH3 is 1. The predicted octanol–water partition coefficient (Wildman–Crippen LogP) is 1.73. The van der Waals surface area contributed by atoms with Crippen molar-refractivity contribution >= 4 is 11.8 Å². The second kappa shape index (κ2) is 7.95. The molecule has 0 saturated carbocycles. The van der Waals surface area contributed by atoms with Gasteiger partial charge in [0, 0.05) is 26.0 Å². The van der Waals surface area contributed by atoms with Gasteiger partial charge in [0.2, 0.25) is 0 Å². The molecule has 0 saturated heterocycles. The van der Waals surface area contributed by atoms with Crippen molar-refractivity contribution in [2.24, 2.45) is 0 Å². The number of fused-ring (bicyclic) bond motifs is 1. The largest absolute Gasteiger partial charge is 0.478 e. The standard InChI is InChI=1S/C15H22N2O4/c1-20-8-9-21-7-3-6-16-14-12(15(18)19)10-11-4-2-5-13(11)17-14/h10H,2-9H2,1H3,(H,16,17)(H,18,19). The van der Waals surface area contributed by atoms with Crippen molar-refractivity contribution in [3.63, 3.8) is 0 Å². The third-order valence-corrected chi connectivity index (χ3v) is 3.47. The van der Waals surface area contributed by atoms with E-state index < -0.39 is 5.97 Å². The smallest absolute Gasteiger partial charge is 0.339 e. The normalized spacial score (nSPS) is 13.2. The van der Waals surface area contributed by atoms with Crippen LogP contribution in [0.15, 0.2) is 6.07 Å². The van der Waals surface area contributed by atoms with Gasteiger partial charge in [-0.3, -0.25) is 0 Å². The lowest BCUT2D eigenvalue weighted by atomic mass is 10.1. The molecule has 0 aliphatic heterocycles. The fourth-order valence-corrected chi connectivity index (χ4v) is 2.40. The van der Waals surface area contributed by atoms with Gasteiger partial charge in [-0.25, -0.2) is 9.78 Å². The number of aromatic carboxylic acids is 1. The zero-order valence-electron chi connectivity index (χ0n) is 12.4. The van der Waals surface area contributed by atoms with Crippen molar-refractivity contribution in [3.05, 3.63) is 22.9 Å². The van der Waals surface area contributed by atoms with Gasteiger partial charge in [0.05, 0.1) is 13.2 Å². The van der Waals surface area contributed by atoms with Crippen LogP contribution in [-0.2, 0) is 22.3 Å². The summed E-state index contributed by atoms with van der Waals surface area (Å²) in [5.41, 5.74) is 2.36. The Bertz CT molecular complexity index is 491. The number of pyridine rings is 1. The van der Waals surface area contributed by atoms with E-state index in [0.29, 0.717) is 32.2 Å². The topological polar surface area (TPSA) is 80.7 Å². The molecule has 0 aromatic carbocycles. The van der Waals surface area contributed by atoms with Crippen LogP contribution in [0.25, 0.3) is 0 Å².